The van der Waals surface area contributed by atoms with Crippen LogP contribution in [0.1, 0.15) is 18.1 Å². The van der Waals surface area contributed by atoms with Crippen molar-refractivity contribution in [2.45, 2.75) is 13.8 Å². The lowest BCUT2D eigenvalue weighted by molar-refractivity contribution is 0.341. The SMILES string of the molecule is CCOc1ccccc1-c1cc(-c2ccc(C)cc2)nc(N)c1C#N. The van der Waals surface area contributed by atoms with E-state index in [-0.39, 0.29) is 5.82 Å². The highest BCUT2D eigenvalue weighted by Gasteiger charge is 2.16. The third kappa shape index (κ3) is 3.31. The molecule has 0 fully saturated rings. The smallest absolute Gasteiger partial charge is 0.142 e. The first-order valence-corrected chi connectivity index (χ1v) is 8.14. The Kier molecular flexibility index (Phi) is 4.67. The highest BCUT2D eigenvalue weighted by Crippen LogP contribution is 2.36. The quantitative estimate of drug-likeness (QED) is 0.760. The number of ether oxygens (including phenoxy) is 1. The summed E-state index contributed by atoms with van der Waals surface area (Å²) in [6.07, 6.45) is 0. The Morgan fingerprint density at radius 2 is 1.80 bits per heavy atom. The molecule has 2 aromatic carbocycles. The number of pyridine rings is 1. The van der Waals surface area contributed by atoms with E-state index < -0.39 is 0 Å². The molecule has 0 aliphatic carbocycles. The Labute approximate surface area is 147 Å². The average Bonchev–Trinajstić information content (AvgIpc) is 2.62. The van der Waals surface area contributed by atoms with Crippen molar-refractivity contribution in [2.75, 3.05) is 12.3 Å². The van der Waals surface area contributed by atoms with E-state index in [9.17, 15) is 5.26 Å². The molecular formula is C21H19N3O. The molecule has 4 heteroatoms. The van der Waals surface area contributed by atoms with E-state index in [2.05, 4.69) is 11.1 Å². The molecule has 4 nitrogen and oxygen atoms in total. The fourth-order valence-electron chi connectivity index (χ4n) is 2.74. The molecule has 0 unspecified atom stereocenters. The van der Waals surface area contributed by atoms with Crippen molar-refractivity contribution in [1.29, 1.82) is 5.26 Å². The predicted molar refractivity (Wildman–Crippen MR) is 100 cm³/mol. The molecule has 25 heavy (non-hydrogen) atoms. The Balaban J connectivity index is 2.22. The van der Waals surface area contributed by atoms with Crippen molar-refractivity contribution in [1.82, 2.24) is 4.98 Å². The summed E-state index contributed by atoms with van der Waals surface area (Å²) in [7, 11) is 0. The van der Waals surface area contributed by atoms with E-state index in [0.29, 0.717) is 12.2 Å². The van der Waals surface area contributed by atoms with Gasteiger partial charge in [0.2, 0.25) is 0 Å². The maximum Gasteiger partial charge on any atom is 0.142 e. The summed E-state index contributed by atoms with van der Waals surface area (Å²) in [5.41, 5.74) is 10.9. The number of para-hydroxylation sites is 1. The van der Waals surface area contributed by atoms with E-state index in [1.54, 1.807) is 0 Å². The van der Waals surface area contributed by atoms with Crippen molar-refractivity contribution < 1.29 is 4.74 Å². The molecule has 0 saturated heterocycles. The number of aryl methyl sites for hydroxylation is 1. The zero-order chi connectivity index (χ0) is 17.8. The molecule has 1 heterocycles. The maximum atomic E-state index is 9.57. The summed E-state index contributed by atoms with van der Waals surface area (Å²) in [6, 6.07) is 19.8. The number of nitrogens with zero attached hydrogens (tertiary/aromatic N) is 2. The van der Waals surface area contributed by atoms with Crippen molar-refractivity contribution in [3.8, 4) is 34.2 Å². The molecule has 3 aromatic rings. The molecule has 1 aromatic heterocycles. The van der Waals surface area contributed by atoms with Crippen LogP contribution in [0.2, 0.25) is 0 Å². The number of benzene rings is 2. The van der Waals surface area contributed by atoms with Gasteiger partial charge in [-0.1, -0.05) is 48.0 Å². The van der Waals surface area contributed by atoms with Crippen molar-refractivity contribution in [2.24, 2.45) is 0 Å². The molecule has 0 atom stereocenters. The van der Waals surface area contributed by atoms with E-state index in [0.717, 1.165) is 28.1 Å². The van der Waals surface area contributed by atoms with Gasteiger partial charge in [-0.15, -0.1) is 0 Å². The summed E-state index contributed by atoms with van der Waals surface area (Å²) in [6.45, 7) is 4.51. The lowest BCUT2D eigenvalue weighted by atomic mass is 9.97. The summed E-state index contributed by atoms with van der Waals surface area (Å²) >= 11 is 0. The number of hydrogen-bond donors (Lipinski definition) is 1. The monoisotopic (exact) mass is 329 g/mol. The number of hydrogen-bond acceptors (Lipinski definition) is 4. The number of aromatic nitrogens is 1. The van der Waals surface area contributed by atoms with Crippen molar-refractivity contribution >= 4 is 5.82 Å². The van der Waals surface area contributed by atoms with Crippen LogP contribution in [0, 0.1) is 18.3 Å². The highest BCUT2D eigenvalue weighted by atomic mass is 16.5. The Hall–Kier alpha value is -3.32. The lowest BCUT2D eigenvalue weighted by Gasteiger charge is -2.14. The molecule has 124 valence electrons. The largest absolute Gasteiger partial charge is 0.493 e. The molecule has 0 amide bonds. The second kappa shape index (κ2) is 7.06. The Bertz CT molecular complexity index is 940. The van der Waals surface area contributed by atoms with Crippen LogP contribution in [0.4, 0.5) is 5.82 Å². The van der Waals surface area contributed by atoms with Crippen molar-refractivity contribution in [3.05, 3.63) is 65.7 Å². The summed E-state index contributed by atoms with van der Waals surface area (Å²) in [4.78, 5) is 4.42. The fourth-order valence-corrected chi connectivity index (χ4v) is 2.74. The number of nitrogens with two attached hydrogens (primary N) is 1. The minimum atomic E-state index is 0.224. The first-order chi connectivity index (χ1) is 12.1. The van der Waals surface area contributed by atoms with Gasteiger partial charge in [0.25, 0.3) is 0 Å². The third-order valence-electron chi connectivity index (χ3n) is 3.98. The normalized spacial score (nSPS) is 10.3. The van der Waals surface area contributed by atoms with E-state index in [1.165, 1.54) is 5.56 Å². The highest BCUT2D eigenvalue weighted by molar-refractivity contribution is 5.83. The Morgan fingerprint density at radius 3 is 2.48 bits per heavy atom. The van der Waals surface area contributed by atoms with Gasteiger partial charge >= 0.3 is 0 Å². The zero-order valence-electron chi connectivity index (χ0n) is 14.3. The van der Waals surface area contributed by atoms with Crippen LogP contribution >= 0.6 is 0 Å². The Morgan fingerprint density at radius 1 is 1.08 bits per heavy atom. The second-order valence-corrected chi connectivity index (χ2v) is 5.72. The number of nitrogen functional groups attached to an aromatic ring is 1. The minimum Gasteiger partial charge on any atom is -0.493 e. The van der Waals surface area contributed by atoms with Gasteiger partial charge in [0.15, 0.2) is 0 Å². The molecule has 0 aliphatic heterocycles. The topological polar surface area (TPSA) is 71.9 Å². The van der Waals surface area contributed by atoms with E-state index in [1.807, 2.05) is 68.4 Å². The predicted octanol–water partition coefficient (Wildman–Crippen LogP) is 4.58. The number of nitriles is 1. The summed E-state index contributed by atoms with van der Waals surface area (Å²) in [5.74, 6) is 0.948. The van der Waals surface area contributed by atoms with Gasteiger partial charge in [-0.2, -0.15) is 5.26 Å². The molecule has 0 bridgehead atoms. The van der Waals surface area contributed by atoms with Crippen LogP contribution in [0.3, 0.4) is 0 Å². The molecule has 0 aliphatic rings. The molecule has 3 rings (SSSR count). The first-order valence-electron chi connectivity index (χ1n) is 8.14. The standard InChI is InChI=1S/C21H19N3O/c1-3-25-20-7-5-4-6-16(20)17-12-19(24-21(23)18(17)13-22)15-10-8-14(2)9-11-15/h4-12H,3H2,1-2H3,(H2,23,24). The third-order valence-corrected chi connectivity index (χ3v) is 3.98. The number of anilines is 1. The van der Waals surface area contributed by atoms with Gasteiger partial charge in [-0.25, -0.2) is 4.98 Å². The maximum absolute atomic E-state index is 9.57. The van der Waals surface area contributed by atoms with Crippen LogP contribution in [0.25, 0.3) is 22.4 Å². The van der Waals surface area contributed by atoms with Crippen LogP contribution in [-0.2, 0) is 0 Å². The summed E-state index contributed by atoms with van der Waals surface area (Å²) in [5, 5.41) is 9.57. The van der Waals surface area contributed by atoms with Gasteiger partial charge in [0, 0.05) is 16.7 Å². The minimum absolute atomic E-state index is 0.224. The number of rotatable bonds is 4. The van der Waals surface area contributed by atoms with Gasteiger partial charge in [-0.3, -0.25) is 0 Å². The average molecular weight is 329 g/mol. The van der Waals surface area contributed by atoms with Crippen LogP contribution in [0.5, 0.6) is 5.75 Å². The van der Waals surface area contributed by atoms with Crippen LogP contribution in [-0.4, -0.2) is 11.6 Å². The van der Waals surface area contributed by atoms with Gasteiger partial charge in [0.1, 0.15) is 23.2 Å². The zero-order valence-corrected chi connectivity index (χ0v) is 14.3. The van der Waals surface area contributed by atoms with Gasteiger partial charge in [-0.05, 0) is 26.0 Å². The van der Waals surface area contributed by atoms with Crippen LogP contribution in [0.15, 0.2) is 54.6 Å². The lowest BCUT2D eigenvalue weighted by Crippen LogP contribution is -2.01. The molecule has 0 radical (unpaired) electrons. The molecule has 0 spiro atoms. The van der Waals surface area contributed by atoms with E-state index in [4.69, 9.17) is 10.5 Å². The molecule has 0 saturated carbocycles. The van der Waals surface area contributed by atoms with E-state index >= 15 is 0 Å². The summed E-state index contributed by atoms with van der Waals surface area (Å²) < 4.78 is 5.72. The van der Waals surface area contributed by atoms with Gasteiger partial charge in [0.05, 0.1) is 12.3 Å². The fraction of sp³-hybridized carbons (Fsp3) is 0.143. The van der Waals surface area contributed by atoms with Crippen molar-refractivity contribution in [3.63, 3.8) is 0 Å². The molecule has 2 N–H and O–H groups in total. The molecular weight excluding hydrogens is 310 g/mol. The second-order valence-electron chi connectivity index (χ2n) is 5.72. The first kappa shape index (κ1) is 16.5. The van der Waals surface area contributed by atoms with Gasteiger partial charge < -0.3 is 10.5 Å². The van der Waals surface area contributed by atoms with Crippen LogP contribution < -0.4 is 10.5 Å².